The van der Waals surface area contributed by atoms with Crippen LogP contribution in [0.1, 0.15) is 16.1 Å². The third-order valence-electron chi connectivity index (χ3n) is 2.99. The van der Waals surface area contributed by atoms with Gasteiger partial charge in [-0.1, -0.05) is 24.3 Å². The lowest BCUT2D eigenvalue weighted by molar-refractivity contribution is 0.102. The number of benzene rings is 1. The molecule has 0 aliphatic heterocycles. The molecule has 3 rings (SSSR count). The van der Waals surface area contributed by atoms with E-state index in [9.17, 15) is 4.79 Å². The molecule has 98 valence electrons. The van der Waals surface area contributed by atoms with E-state index in [2.05, 4.69) is 15.3 Å². The molecule has 0 radical (unpaired) electrons. The highest BCUT2D eigenvalue weighted by Gasteiger charge is 2.09. The van der Waals surface area contributed by atoms with E-state index in [1.54, 1.807) is 12.3 Å². The second-order valence-electron chi connectivity index (χ2n) is 4.56. The van der Waals surface area contributed by atoms with Gasteiger partial charge in [-0.25, -0.2) is 9.97 Å². The smallest absolute Gasteiger partial charge is 0.275 e. The highest BCUT2D eigenvalue weighted by Crippen LogP contribution is 2.13. The molecule has 3 aromatic rings. The quantitative estimate of drug-likeness (QED) is 0.772. The van der Waals surface area contributed by atoms with Crippen molar-refractivity contribution >= 4 is 22.6 Å². The van der Waals surface area contributed by atoms with Crippen molar-refractivity contribution in [2.75, 3.05) is 5.32 Å². The topological polar surface area (TPSA) is 54.9 Å². The number of carbonyl (C=O) groups excluding carboxylic acids is 1. The third-order valence-corrected chi connectivity index (χ3v) is 2.99. The summed E-state index contributed by atoms with van der Waals surface area (Å²) in [6.45, 7) is 1.95. The molecular weight excluding hydrogens is 250 g/mol. The molecule has 2 heterocycles. The number of anilines is 1. The van der Waals surface area contributed by atoms with Crippen LogP contribution in [-0.2, 0) is 0 Å². The van der Waals surface area contributed by atoms with E-state index in [-0.39, 0.29) is 5.91 Å². The van der Waals surface area contributed by atoms with Gasteiger partial charge in [-0.05, 0) is 36.8 Å². The van der Waals surface area contributed by atoms with E-state index < -0.39 is 0 Å². The molecule has 0 unspecified atom stereocenters. The minimum absolute atomic E-state index is 0.256. The predicted molar refractivity (Wildman–Crippen MR) is 78.7 cm³/mol. The molecule has 1 aromatic carbocycles. The number of para-hydroxylation sites is 1. The Morgan fingerprint density at radius 2 is 1.95 bits per heavy atom. The fourth-order valence-corrected chi connectivity index (χ4v) is 1.98. The van der Waals surface area contributed by atoms with Crippen molar-refractivity contribution in [3.63, 3.8) is 0 Å². The number of hydrogen-bond donors (Lipinski definition) is 1. The molecule has 0 spiro atoms. The van der Waals surface area contributed by atoms with E-state index in [1.807, 2.05) is 49.4 Å². The monoisotopic (exact) mass is 263 g/mol. The van der Waals surface area contributed by atoms with Crippen molar-refractivity contribution < 1.29 is 4.79 Å². The van der Waals surface area contributed by atoms with Gasteiger partial charge in [0.15, 0.2) is 0 Å². The summed E-state index contributed by atoms with van der Waals surface area (Å²) >= 11 is 0. The average molecular weight is 263 g/mol. The number of aryl methyl sites for hydroxylation is 1. The Balaban J connectivity index is 1.88. The van der Waals surface area contributed by atoms with Crippen LogP contribution in [0, 0.1) is 6.92 Å². The second kappa shape index (κ2) is 5.09. The average Bonchev–Trinajstić information content (AvgIpc) is 2.47. The van der Waals surface area contributed by atoms with Gasteiger partial charge in [-0.2, -0.15) is 0 Å². The minimum Gasteiger partial charge on any atom is -0.305 e. The third kappa shape index (κ3) is 2.49. The van der Waals surface area contributed by atoms with Crippen molar-refractivity contribution in [3.8, 4) is 0 Å². The molecule has 20 heavy (non-hydrogen) atoms. The number of carbonyl (C=O) groups is 1. The van der Waals surface area contributed by atoms with E-state index in [4.69, 9.17) is 0 Å². The van der Waals surface area contributed by atoms with Crippen LogP contribution < -0.4 is 5.32 Å². The molecule has 4 heteroatoms. The van der Waals surface area contributed by atoms with Gasteiger partial charge in [0.2, 0.25) is 0 Å². The molecule has 0 atom stereocenters. The highest BCUT2D eigenvalue weighted by molar-refractivity contribution is 6.03. The summed E-state index contributed by atoms with van der Waals surface area (Å²) in [5.74, 6) is 0.277. The number of nitrogens with one attached hydrogen (secondary N) is 1. The second-order valence-corrected chi connectivity index (χ2v) is 4.56. The molecule has 0 aliphatic carbocycles. The Hall–Kier alpha value is -2.75. The van der Waals surface area contributed by atoms with Gasteiger partial charge in [-0.15, -0.1) is 0 Å². The Labute approximate surface area is 116 Å². The van der Waals surface area contributed by atoms with Crippen molar-refractivity contribution in [2.24, 2.45) is 0 Å². The first kappa shape index (κ1) is 12.3. The van der Waals surface area contributed by atoms with Crippen LogP contribution >= 0.6 is 0 Å². The summed E-state index contributed by atoms with van der Waals surface area (Å²) in [6.07, 6.45) is 1.67. The lowest BCUT2D eigenvalue weighted by Gasteiger charge is -2.05. The predicted octanol–water partition coefficient (Wildman–Crippen LogP) is 3.19. The van der Waals surface area contributed by atoms with E-state index in [1.165, 1.54) is 0 Å². The SMILES string of the molecule is Cc1ccnc(NC(=O)c2ccc3ccccc3n2)c1. The molecular formula is C16H13N3O. The van der Waals surface area contributed by atoms with Crippen LogP contribution in [0.15, 0.2) is 54.7 Å². The van der Waals surface area contributed by atoms with Gasteiger partial charge in [0, 0.05) is 11.6 Å². The van der Waals surface area contributed by atoms with Crippen LogP contribution in [0.2, 0.25) is 0 Å². The Kier molecular flexibility index (Phi) is 3.13. The van der Waals surface area contributed by atoms with Gasteiger partial charge >= 0.3 is 0 Å². The molecule has 0 saturated carbocycles. The number of pyridine rings is 2. The zero-order chi connectivity index (χ0) is 13.9. The van der Waals surface area contributed by atoms with Gasteiger partial charge in [0.05, 0.1) is 5.52 Å². The van der Waals surface area contributed by atoms with Crippen molar-refractivity contribution in [3.05, 3.63) is 66.0 Å². The van der Waals surface area contributed by atoms with Crippen LogP contribution in [0.25, 0.3) is 10.9 Å². The molecule has 0 bridgehead atoms. The highest BCUT2D eigenvalue weighted by atomic mass is 16.1. The minimum atomic E-state index is -0.256. The van der Waals surface area contributed by atoms with Gasteiger partial charge in [0.1, 0.15) is 11.5 Å². The summed E-state index contributed by atoms with van der Waals surface area (Å²) < 4.78 is 0. The first-order valence-corrected chi connectivity index (χ1v) is 6.32. The van der Waals surface area contributed by atoms with Gasteiger partial charge < -0.3 is 5.32 Å². The largest absolute Gasteiger partial charge is 0.305 e. The first-order valence-electron chi connectivity index (χ1n) is 6.32. The molecule has 2 aromatic heterocycles. The molecule has 0 fully saturated rings. The molecule has 4 nitrogen and oxygen atoms in total. The summed E-state index contributed by atoms with van der Waals surface area (Å²) in [6, 6.07) is 15.0. The molecule has 0 saturated heterocycles. The zero-order valence-electron chi connectivity index (χ0n) is 11.0. The summed E-state index contributed by atoms with van der Waals surface area (Å²) in [7, 11) is 0. The fourth-order valence-electron chi connectivity index (χ4n) is 1.98. The van der Waals surface area contributed by atoms with Crippen LogP contribution in [-0.4, -0.2) is 15.9 Å². The normalized spacial score (nSPS) is 10.4. The van der Waals surface area contributed by atoms with Crippen molar-refractivity contribution in [1.82, 2.24) is 9.97 Å². The van der Waals surface area contributed by atoms with E-state index >= 15 is 0 Å². The number of nitrogens with zero attached hydrogens (tertiary/aromatic N) is 2. The molecule has 0 aliphatic rings. The number of aromatic nitrogens is 2. The molecule has 1 amide bonds. The maximum absolute atomic E-state index is 12.2. The first-order chi connectivity index (χ1) is 9.72. The summed E-state index contributed by atoms with van der Waals surface area (Å²) in [5, 5.41) is 3.76. The lowest BCUT2D eigenvalue weighted by Crippen LogP contribution is -2.14. The van der Waals surface area contributed by atoms with Crippen LogP contribution in [0.4, 0.5) is 5.82 Å². The Morgan fingerprint density at radius 1 is 1.10 bits per heavy atom. The number of rotatable bonds is 2. The fraction of sp³-hybridized carbons (Fsp3) is 0.0625. The number of amides is 1. The van der Waals surface area contributed by atoms with Gasteiger partial charge in [0.25, 0.3) is 5.91 Å². The van der Waals surface area contributed by atoms with E-state index in [0.29, 0.717) is 11.5 Å². The maximum atomic E-state index is 12.2. The Morgan fingerprint density at radius 3 is 2.80 bits per heavy atom. The van der Waals surface area contributed by atoms with Crippen LogP contribution in [0.3, 0.4) is 0 Å². The summed E-state index contributed by atoms with van der Waals surface area (Å²) in [5.41, 5.74) is 2.23. The van der Waals surface area contributed by atoms with E-state index in [0.717, 1.165) is 16.5 Å². The number of hydrogen-bond acceptors (Lipinski definition) is 3. The Bertz CT molecular complexity index is 783. The summed E-state index contributed by atoms with van der Waals surface area (Å²) in [4.78, 5) is 20.6. The number of fused-ring (bicyclic) bond motifs is 1. The van der Waals surface area contributed by atoms with Crippen molar-refractivity contribution in [2.45, 2.75) is 6.92 Å². The van der Waals surface area contributed by atoms with Crippen molar-refractivity contribution in [1.29, 1.82) is 0 Å². The lowest BCUT2D eigenvalue weighted by atomic mass is 10.2. The molecule has 1 N–H and O–H groups in total. The standard InChI is InChI=1S/C16H13N3O/c1-11-8-9-17-15(10-11)19-16(20)14-7-6-12-4-2-3-5-13(12)18-14/h2-10H,1H3,(H,17,19,20). The van der Waals surface area contributed by atoms with Crippen LogP contribution in [0.5, 0.6) is 0 Å². The zero-order valence-corrected chi connectivity index (χ0v) is 11.0. The van der Waals surface area contributed by atoms with Gasteiger partial charge in [-0.3, -0.25) is 4.79 Å². The maximum Gasteiger partial charge on any atom is 0.275 e.